The van der Waals surface area contributed by atoms with E-state index in [1.807, 2.05) is 0 Å². The van der Waals surface area contributed by atoms with Crippen molar-refractivity contribution in [1.82, 2.24) is 5.32 Å². The lowest BCUT2D eigenvalue weighted by molar-refractivity contribution is 0.568. The first-order valence-corrected chi connectivity index (χ1v) is 7.08. The molecule has 0 aliphatic carbocycles. The maximum Gasteiger partial charge on any atom is 0.178 e. The van der Waals surface area contributed by atoms with Crippen molar-refractivity contribution in [3.63, 3.8) is 0 Å². The molecule has 88 valence electrons. The Hall–Kier alpha value is -0.940. The van der Waals surface area contributed by atoms with Gasteiger partial charge in [0.05, 0.1) is 0 Å². The SMILES string of the molecule is CS(=O)(=O)c1cc(C2CCNC2)ccc1F. The van der Waals surface area contributed by atoms with Crippen molar-refractivity contribution in [3.8, 4) is 0 Å². The molecule has 1 unspecified atom stereocenters. The Balaban J connectivity index is 2.43. The number of halogens is 1. The zero-order valence-electron chi connectivity index (χ0n) is 9.03. The number of hydrogen-bond donors (Lipinski definition) is 1. The van der Waals surface area contributed by atoms with E-state index in [0.717, 1.165) is 31.3 Å². The smallest absolute Gasteiger partial charge is 0.178 e. The van der Waals surface area contributed by atoms with Crippen molar-refractivity contribution < 1.29 is 12.8 Å². The molecule has 3 nitrogen and oxygen atoms in total. The third-order valence-corrected chi connectivity index (χ3v) is 4.00. The van der Waals surface area contributed by atoms with Crippen LogP contribution in [0, 0.1) is 5.82 Å². The van der Waals surface area contributed by atoms with Crippen LogP contribution in [0.4, 0.5) is 4.39 Å². The Morgan fingerprint density at radius 1 is 1.44 bits per heavy atom. The summed E-state index contributed by atoms with van der Waals surface area (Å²) >= 11 is 0. The van der Waals surface area contributed by atoms with E-state index in [4.69, 9.17) is 0 Å². The van der Waals surface area contributed by atoms with Crippen LogP contribution in [0.15, 0.2) is 23.1 Å². The molecule has 1 aliphatic heterocycles. The van der Waals surface area contributed by atoms with E-state index in [2.05, 4.69) is 5.32 Å². The summed E-state index contributed by atoms with van der Waals surface area (Å²) in [6.45, 7) is 1.76. The van der Waals surface area contributed by atoms with Crippen molar-refractivity contribution in [2.24, 2.45) is 0 Å². The summed E-state index contributed by atoms with van der Waals surface area (Å²) < 4.78 is 36.1. The molecular weight excluding hydrogens is 229 g/mol. The van der Waals surface area contributed by atoms with Crippen molar-refractivity contribution in [1.29, 1.82) is 0 Å². The summed E-state index contributed by atoms with van der Waals surface area (Å²) in [5.41, 5.74) is 0.895. The quantitative estimate of drug-likeness (QED) is 0.851. The van der Waals surface area contributed by atoms with E-state index in [9.17, 15) is 12.8 Å². The van der Waals surface area contributed by atoms with Gasteiger partial charge in [-0.3, -0.25) is 0 Å². The summed E-state index contributed by atoms with van der Waals surface area (Å²) in [5.74, 6) is -0.377. The first kappa shape index (κ1) is 11.5. The Morgan fingerprint density at radius 3 is 2.75 bits per heavy atom. The van der Waals surface area contributed by atoms with Crippen LogP contribution >= 0.6 is 0 Å². The summed E-state index contributed by atoms with van der Waals surface area (Å²) in [6.07, 6.45) is 2.00. The monoisotopic (exact) mass is 243 g/mol. The average Bonchev–Trinajstić information content (AvgIpc) is 2.69. The largest absolute Gasteiger partial charge is 0.316 e. The molecule has 1 aromatic rings. The molecule has 0 aromatic heterocycles. The van der Waals surface area contributed by atoms with Crippen LogP contribution in [0.25, 0.3) is 0 Å². The molecule has 1 N–H and O–H groups in total. The number of rotatable bonds is 2. The topological polar surface area (TPSA) is 46.2 Å². The van der Waals surface area contributed by atoms with E-state index in [1.165, 1.54) is 12.1 Å². The highest BCUT2D eigenvalue weighted by Crippen LogP contribution is 2.26. The van der Waals surface area contributed by atoms with Gasteiger partial charge in [-0.2, -0.15) is 0 Å². The third kappa shape index (κ3) is 2.25. The first-order chi connectivity index (χ1) is 7.48. The predicted molar refractivity (Wildman–Crippen MR) is 59.7 cm³/mol. The molecule has 1 aromatic carbocycles. The van der Waals surface area contributed by atoms with Crippen LogP contribution in [-0.4, -0.2) is 27.8 Å². The Labute approximate surface area is 94.6 Å². The number of hydrogen-bond acceptors (Lipinski definition) is 3. The van der Waals surface area contributed by atoms with Crippen LogP contribution in [0.5, 0.6) is 0 Å². The molecule has 1 fully saturated rings. The molecule has 0 amide bonds. The van der Waals surface area contributed by atoms with Gasteiger partial charge in [-0.1, -0.05) is 6.07 Å². The number of nitrogens with one attached hydrogen (secondary N) is 1. The maximum atomic E-state index is 13.4. The van der Waals surface area contributed by atoms with Crippen LogP contribution in [0.1, 0.15) is 17.9 Å². The lowest BCUT2D eigenvalue weighted by Gasteiger charge is -2.10. The predicted octanol–water partition coefficient (Wildman–Crippen LogP) is 1.31. The summed E-state index contributed by atoms with van der Waals surface area (Å²) in [6, 6.07) is 4.37. The average molecular weight is 243 g/mol. The van der Waals surface area contributed by atoms with Crippen molar-refractivity contribution >= 4 is 9.84 Å². The van der Waals surface area contributed by atoms with Gasteiger partial charge in [-0.15, -0.1) is 0 Å². The molecule has 16 heavy (non-hydrogen) atoms. The first-order valence-electron chi connectivity index (χ1n) is 5.19. The normalized spacial score (nSPS) is 21.2. The molecule has 1 saturated heterocycles. The van der Waals surface area contributed by atoms with E-state index >= 15 is 0 Å². The molecule has 0 bridgehead atoms. The minimum absolute atomic E-state index is 0.197. The standard InChI is InChI=1S/C11H14FNO2S/c1-16(14,15)11-6-8(2-3-10(11)12)9-4-5-13-7-9/h2-3,6,9,13H,4-5,7H2,1H3. The second kappa shape index (κ2) is 4.14. The van der Waals surface area contributed by atoms with Gasteiger partial charge in [-0.25, -0.2) is 12.8 Å². The van der Waals surface area contributed by atoms with Crippen molar-refractivity contribution in [2.45, 2.75) is 17.2 Å². The molecule has 0 radical (unpaired) electrons. The van der Waals surface area contributed by atoms with Gasteiger partial charge in [0, 0.05) is 12.8 Å². The third-order valence-electron chi connectivity index (χ3n) is 2.89. The van der Waals surface area contributed by atoms with Gasteiger partial charge in [0.25, 0.3) is 0 Å². The number of benzene rings is 1. The lowest BCUT2D eigenvalue weighted by Crippen LogP contribution is -2.09. The van der Waals surface area contributed by atoms with E-state index < -0.39 is 15.7 Å². The van der Waals surface area contributed by atoms with Crippen LogP contribution in [-0.2, 0) is 9.84 Å². The fourth-order valence-electron chi connectivity index (χ4n) is 2.00. The van der Waals surface area contributed by atoms with Crippen LogP contribution in [0.3, 0.4) is 0 Å². The molecule has 1 atom stereocenters. The van der Waals surface area contributed by atoms with Gasteiger partial charge in [0.1, 0.15) is 10.7 Å². The minimum atomic E-state index is -3.48. The molecule has 1 heterocycles. The molecule has 0 saturated carbocycles. The molecule has 1 aliphatic rings. The summed E-state index contributed by atoms with van der Waals surface area (Å²) in [7, 11) is -3.48. The van der Waals surface area contributed by atoms with E-state index in [-0.39, 0.29) is 4.90 Å². The van der Waals surface area contributed by atoms with Crippen LogP contribution < -0.4 is 5.32 Å². The molecule has 5 heteroatoms. The van der Waals surface area contributed by atoms with Crippen molar-refractivity contribution in [2.75, 3.05) is 19.3 Å². The Bertz CT molecular complexity index is 493. The second-order valence-corrected chi connectivity index (χ2v) is 6.14. The highest BCUT2D eigenvalue weighted by atomic mass is 32.2. The van der Waals surface area contributed by atoms with Gasteiger partial charge < -0.3 is 5.32 Å². The van der Waals surface area contributed by atoms with Crippen LogP contribution in [0.2, 0.25) is 0 Å². The fraction of sp³-hybridized carbons (Fsp3) is 0.455. The maximum absolute atomic E-state index is 13.4. The Kier molecular flexibility index (Phi) is 2.99. The summed E-state index contributed by atoms with van der Waals surface area (Å²) in [5, 5.41) is 3.20. The Morgan fingerprint density at radius 2 is 2.19 bits per heavy atom. The lowest BCUT2D eigenvalue weighted by atomic mass is 9.99. The molecule has 0 spiro atoms. The van der Waals surface area contributed by atoms with E-state index in [1.54, 1.807) is 6.07 Å². The van der Waals surface area contributed by atoms with Crippen molar-refractivity contribution in [3.05, 3.63) is 29.6 Å². The summed E-state index contributed by atoms with van der Waals surface area (Å²) in [4.78, 5) is -0.197. The van der Waals surface area contributed by atoms with Gasteiger partial charge in [0.15, 0.2) is 9.84 Å². The highest BCUT2D eigenvalue weighted by Gasteiger charge is 2.20. The molecular formula is C11H14FNO2S. The molecule has 2 rings (SSSR count). The van der Waals surface area contributed by atoms with Gasteiger partial charge in [0.2, 0.25) is 0 Å². The highest BCUT2D eigenvalue weighted by molar-refractivity contribution is 7.90. The van der Waals surface area contributed by atoms with Gasteiger partial charge in [-0.05, 0) is 36.6 Å². The fourth-order valence-corrected chi connectivity index (χ4v) is 2.77. The zero-order valence-corrected chi connectivity index (χ0v) is 9.85. The van der Waals surface area contributed by atoms with E-state index in [0.29, 0.717) is 5.92 Å². The zero-order chi connectivity index (χ0) is 11.8. The van der Waals surface area contributed by atoms with Gasteiger partial charge >= 0.3 is 0 Å². The second-order valence-electron chi connectivity index (χ2n) is 4.15. The number of sulfone groups is 1. The minimum Gasteiger partial charge on any atom is -0.316 e.